The van der Waals surface area contributed by atoms with Crippen LogP contribution in [0.1, 0.15) is 19.4 Å². The van der Waals surface area contributed by atoms with Gasteiger partial charge in [0.2, 0.25) is 0 Å². The van der Waals surface area contributed by atoms with Crippen LogP contribution in [0.4, 0.5) is 16.2 Å². The van der Waals surface area contributed by atoms with Gasteiger partial charge in [-0.25, -0.2) is 9.78 Å². The number of anilines is 2. The molecule has 2 aromatic rings. The first kappa shape index (κ1) is 20.1. The van der Waals surface area contributed by atoms with Gasteiger partial charge in [-0.2, -0.15) is 0 Å². The van der Waals surface area contributed by atoms with E-state index in [0.717, 1.165) is 22.1 Å². The molecule has 0 aliphatic heterocycles. The molecule has 0 bridgehead atoms. The fourth-order valence-electron chi connectivity index (χ4n) is 2.16. The average Bonchev–Trinajstić information content (AvgIpc) is 2.62. The lowest BCUT2D eigenvalue weighted by atomic mass is 10.2. The number of carbonyl (C=O) groups is 1. The molecule has 2 rings (SSSR count). The second-order valence-corrected chi connectivity index (χ2v) is 6.93. The lowest BCUT2D eigenvalue weighted by molar-refractivity contribution is 0.262. The highest BCUT2D eigenvalue weighted by atomic mass is 35.5. The summed E-state index contributed by atoms with van der Waals surface area (Å²) in [6.07, 6.45) is 2.42. The molecular weight excluding hydrogens is 372 g/mol. The Morgan fingerprint density at radius 1 is 1.35 bits per heavy atom. The molecule has 2 amide bonds. The minimum atomic E-state index is -0.366. The van der Waals surface area contributed by atoms with Crippen LogP contribution in [0.25, 0.3) is 0 Å². The summed E-state index contributed by atoms with van der Waals surface area (Å²) in [7, 11) is 3.28. The number of aromatic nitrogens is 1. The van der Waals surface area contributed by atoms with Crippen LogP contribution in [0.5, 0.6) is 5.75 Å². The highest BCUT2D eigenvalue weighted by Gasteiger charge is 2.10. The summed E-state index contributed by atoms with van der Waals surface area (Å²) in [5, 5.41) is 7.77. The first-order valence-corrected chi connectivity index (χ1v) is 9.18. The molecule has 1 heterocycles. The number of hydrogen-bond acceptors (Lipinski definition) is 5. The molecule has 26 heavy (non-hydrogen) atoms. The topological polar surface area (TPSA) is 75.6 Å². The van der Waals surface area contributed by atoms with Gasteiger partial charge in [-0.3, -0.25) is 4.99 Å². The van der Waals surface area contributed by atoms with E-state index in [-0.39, 0.29) is 6.03 Å². The SMILES string of the molecule is CCc1cc(S/C(C)=N\C)ncc1NC(=O)Nc1ccc(OC)c(Cl)c1. The Labute approximate surface area is 162 Å². The number of benzene rings is 1. The fraction of sp³-hybridized carbons (Fsp3) is 0.278. The highest BCUT2D eigenvalue weighted by Crippen LogP contribution is 2.27. The first-order chi connectivity index (χ1) is 12.5. The predicted octanol–water partition coefficient (Wildman–Crippen LogP) is 5.09. The maximum Gasteiger partial charge on any atom is 0.323 e. The van der Waals surface area contributed by atoms with Crippen molar-refractivity contribution >= 4 is 45.8 Å². The number of aliphatic imine (C=N–C) groups is 1. The van der Waals surface area contributed by atoms with E-state index in [1.165, 1.54) is 18.9 Å². The molecule has 0 saturated heterocycles. The summed E-state index contributed by atoms with van der Waals surface area (Å²) >= 11 is 7.57. The number of nitrogens with zero attached hydrogens (tertiary/aromatic N) is 2. The van der Waals surface area contributed by atoms with Crippen molar-refractivity contribution in [3.8, 4) is 5.75 Å². The van der Waals surface area contributed by atoms with Crippen LogP contribution in [-0.4, -0.2) is 30.2 Å². The highest BCUT2D eigenvalue weighted by molar-refractivity contribution is 8.13. The van der Waals surface area contributed by atoms with Crippen molar-refractivity contribution in [1.29, 1.82) is 0 Å². The second kappa shape index (κ2) is 9.45. The van der Waals surface area contributed by atoms with Crippen LogP contribution < -0.4 is 15.4 Å². The normalized spacial score (nSPS) is 11.2. The number of thioether (sulfide) groups is 1. The molecule has 6 nitrogen and oxygen atoms in total. The largest absolute Gasteiger partial charge is 0.495 e. The Balaban J connectivity index is 2.09. The molecule has 0 spiro atoms. The Hall–Kier alpha value is -2.25. The maximum absolute atomic E-state index is 12.3. The number of carbonyl (C=O) groups excluding carboxylic acids is 1. The number of methoxy groups -OCH3 is 1. The Morgan fingerprint density at radius 2 is 2.12 bits per heavy atom. The quantitative estimate of drug-likeness (QED) is 0.422. The Morgan fingerprint density at radius 3 is 2.73 bits per heavy atom. The summed E-state index contributed by atoms with van der Waals surface area (Å²) in [5.41, 5.74) is 2.23. The molecule has 2 N–H and O–H groups in total. The number of hydrogen-bond donors (Lipinski definition) is 2. The maximum atomic E-state index is 12.3. The fourth-order valence-corrected chi connectivity index (χ4v) is 3.12. The van der Waals surface area contributed by atoms with E-state index in [2.05, 4.69) is 20.6 Å². The number of ether oxygens (including phenoxy) is 1. The summed E-state index contributed by atoms with van der Waals surface area (Å²) in [5.74, 6) is 0.550. The smallest absolute Gasteiger partial charge is 0.323 e. The van der Waals surface area contributed by atoms with Gasteiger partial charge in [0, 0.05) is 12.7 Å². The van der Waals surface area contributed by atoms with Crippen LogP contribution in [0.15, 0.2) is 40.5 Å². The number of rotatable bonds is 5. The van der Waals surface area contributed by atoms with E-state index < -0.39 is 0 Å². The van der Waals surface area contributed by atoms with Gasteiger partial charge in [-0.15, -0.1) is 0 Å². The van der Waals surface area contributed by atoms with Gasteiger partial charge in [0.15, 0.2) is 0 Å². The summed E-state index contributed by atoms with van der Waals surface area (Å²) in [4.78, 5) is 20.8. The number of halogens is 1. The third-order valence-corrected chi connectivity index (χ3v) is 4.78. The van der Waals surface area contributed by atoms with Crippen LogP contribution in [-0.2, 0) is 6.42 Å². The monoisotopic (exact) mass is 392 g/mol. The first-order valence-electron chi connectivity index (χ1n) is 7.98. The third kappa shape index (κ3) is 5.37. The Kier molecular flexibility index (Phi) is 7.29. The van der Waals surface area contributed by atoms with Gasteiger partial charge in [0.1, 0.15) is 10.8 Å². The molecular formula is C18H21ClN4O2S. The van der Waals surface area contributed by atoms with Crippen LogP contribution in [0.3, 0.4) is 0 Å². The number of pyridine rings is 1. The van der Waals surface area contributed by atoms with E-state index in [9.17, 15) is 4.79 Å². The standard InChI is InChI=1S/C18H21ClN4O2S/c1-5-12-8-17(26-11(2)20-3)21-10-15(12)23-18(24)22-13-6-7-16(25-4)14(19)9-13/h6-10H,5H2,1-4H3,(H2,22,23,24)/b20-11-. The number of nitrogens with one attached hydrogen (secondary N) is 2. The minimum absolute atomic E-state index is 0.366. The Bertz CT molecular complexity index is 827. The molecule has 0 fully saturated rings. The molecule has 0 saturated carbocycles. The van der Waals surface area contributed by atoms with E-state index in [4.69, 9.17) is 16.3 Å². The zero-order valence-corrected chi connectivity index (χ0v) is 16.7. The van der Waals surface area contributed by atoms with Crippen LogP contribution in [0, 0.1) is 0 Å². The van der Waals surface area contributed by atoms with Gasteiger partial charge in [-0.05, 0) is 43.2 Å². The van der Waals surface area contributed by atoms with Gasteiger partial charge < -0.3 is 15.4 Å². The average molecular weight is 393 g/mol. The van der Waals surface area contributed by atoms with Crippen LogP contribution in [0.2, 0.25) is 5.02 Å². The van der Waals surface area contributed by atoms with Crippen molar-refractivity contribution in [3.63, 3.8) is 0 Å². The molecule has 1 aromatic carbocycles. The van der Waals surface area contributed by atoms with Gasteiger partial charge in [0.25, 0.3) is 0 Å². The van der Waals surface area contributed by atoms with E-state index in [1.807, 2.05) is 19.9 Å². The molecule has 0 aliphatic carbocycles. The number of urea groups is 1. The van der Waals surface area contributed by atoms with Gasteiger partial charge >= 0.3 is 6.03 Å². The molecule has 138 valence electrons. The number of aryl methyl sites for hydroxylation is 1. The summed E-state index contributed by atoms with van der Waals surface area (Å²) < 4.78 is 5.10. The summed E-state index contributed by atoms with van der Waals surface area (Å²) in [6, 6.07) is 6.63. The van der Waals surface area contributed by atoms with Crippen molar-refractivity contribution in [3.05, 3.63) is 41.0 Å². The lowest BCUT2D eigenvalue weighted by Crippen LogP contribution is -2.20. The van der Waals surface area contributed by atoms with E-state index in [0.29, 0.717) is 22.1 Å². The van der Waals surface area contributed by atoms with Crippen molar-refractivity contribution < 1.29 is 9.53 Å². The number of amides is 2. The van der Waals surface area contributed by atoms with Gasteiger partial charge in [-0.1, -0.05) is 30.3 Å². The zero-order valence-electron chi connectivity index (χ0n) is 15.1. The predicted molar refractivity (Wildman–Crippen MR) is 109 cm³/mol. The van der Waals surface area contributed by atoms with Crippen LogP contribution >= 0.6 is 23.4 Å². The van der Waals surface area contributed by atoms with E-state index in [1.54, 1.807) is 31.4 Å². The molecule has 0 unspecified atom stereocenters. The molecule has 0 radical (unpaired) electrons. The van der Waals surface area contributed by atoms with E-state index >= 15 is 0 Å². The van der Waals surface area contributed by atoms with Gasteiger partial charge in [0.05, 0.1) is 29.1 Å². The van der Waals surface area contributed by atoms with Crippen molar-refractivity contribution in [2.24, 2.45) is 4.99 Å². The van der Waals surface area contributed by atoms with Crippen molar-refractivity contribution in [2.75, 3.05) is 24.8 Å². The molecule has 0 atom stereocenters. The van der Waals surface area contributed by atoms with Crippen molar-refractivity contribution in [2.45, 2.75) is 25.3 Å². The molecule has 8 heteroatoms. The lowest BCUT2D eigenvalue weighted by Gasteiger charge is -2.12. The molecule has 0 aliphatic rings. The zero-order chi connectivity index (χ0) is 19.1. The molecule has 1 aromatic heterocycles. The summed E-state index contributed by atoms with van der Waals surface area (Å²) in [6.45, 7) is 3.95. The third-order valence-electron chi connectivity index (χ3n) is 3.57. The minimum Gasteiger partial charge on any atom is -0.495 e. The second-order valence-electron chi connectivity index (χ2n) is 5.31. The van der Waals surface area contributed by atoms with Crippen molar-refractivity contribution in [1.82, 2.24) is 4.98 Å².